The normalized spacial score (nSPS) is 15.6. The number of benzene rings is 1. The summed E-state index contributed by atoms with van der Waals surface area (Å²) in [5.41, 5.74) is 2.37. The number of hydrogen-bond acceptors (Lipinski definition) is 3. The van der Waals surface area contributed by atoms with Crippen LogP contribution in [0.4, 0.5) is 0 Å². The van der Waals surface area contributed by atoms with Crippen molar-refractivity contribution in [2.45, 2.75) is 19.4 Å². The van der Waals surface area contributed by atoms with Crippen molar-refractivity contribution in [1.82, 2.24) is 19.4 Å². The summed E-state index contributed by atoms with van der Waals surface area (Å²) >= 11 is 0. The third-order valence-corrected chi connectivity index (χ3v) is 4.45. The summed E-state index contributed by atoms with van der Waals surface area (Å²) in [5, 5.41) is 1.26. The molecule has 1 saturated heterocycles. The monoisotopic (exact) mass is 292 g/mol. The van der Waals surface area contributed by atoms with Crippen LogP contribution in [0, 0.1) is 0 Å². The molecule has 112 valence electrons. The van der Waals surface area contributed by atoms with Crippen LogP contribution in [0.25, 0.3) is 22.3 Å². The molecule has 4 rings (SSSR count). The van der Waals surface area contributed by atoms with E-state index < -0.39 is 0 Å². The minimum Gasteiger partial charge on any atom is -0.346 e. The summed E-state index contributed by atoms with van der Waals surface area (Å²) in [6.45, 7) is 4.72. The molecule has 0 bridgehead atoms. The molecule has 4 heteroatoms. The van der Waals surface area contributed by atoms with Crippen molar-refractivity contribution in [3.8, 4) is 11.4 Å². The van der Waals surface area contributed by atoms with Gasteiger partial charge in [-0.05, 0) is 56.3 Å². The lowest BCUT2D eigenvalue weighted by Crippen LogP contribution is -2.23. The first-order valence-electron chi connectivity index (χ1n) is 7.99. The largest absolute Gasteiger partial charge is 0.346 e. The first kappa shape index (κ1) is 13.5. The van der Waals surface area contributed by atoms with Gasteiger partial charge in [-0.3, -0.25) is 0 Å². The molecule has 0 N–H and O–H groups in total. The van der Waals surface area contributed by atoms with Gasteiger partial charge in [0.2, 0.25) is 0 Å². The predicted octanol–water partition coefficient (Wildman–Crippen LogP) is 3.19. The van der Waals surface area contributed by atoms with Gasteiger partial charge in [0.1, 0.15) is 0 Å². The maximum atomic E-state index is 4.33. The summed E-state index contributed by atoms with van der Waals surface area (Å²) in [6.07, 6.45) is 8.47. The fourth-order valence-electron chi connectivity index (χ4n) is 3.24. The van der Waals surface area contributed by atoms with Gasteiger partial charge in [0.15, 0.2) is 5.82 Å². The third kappa shape index (κ3) is 2.62. The molecular weight excluding hydrogens is 272 g/mol. The Labute approximate surface area is 130 Å². The van der Waals surface area contributed by atoms with Crippen molar-refractivity contribution in [3.05, 3.63) is 48.9 Å². The zero-order valence-corrected chi connectivity index (χ0v) is 12.7. The Morgan fingerprint density at radius 3 is 2.59 bits per heavy atom. The number of aromatic nitrogens is 3. The highest BCUT2D eigenvalue weighted by Crippen LogP contribution is 2.23. The molecule has 0 saturated carbocycles. The number of fused-ring (bicyclic) bond motifs is 1. The topological polar surface area (TPSA) is 34.0 Å². The van der Waals surface area contributed by atoms with Gasteiger partial charge in [-0.25, -0.2) is 9.97 Å². The van der Waals surface area contributed by atoms with Crippen LogP contribution in [0.3, 0.4) is 0 Å². The number of rotatable bonds is 4. The van der Waals surface area contributed by atoms with E-state index >= 15 is 0 Å². The van der Waals surface area contributed by atoms with E-state index in [1.165, 1.54) is 36.8 Å². The molecule has 0 radical (unpaired) electrons. The smallest absolute Gasteiger partial charge is 0.159 e. The van der Waals surface area contributed by atoms with Crippen molar-refractivity contribution < 1.29 is 0 Å². The minimum absolute atomic E-state index is 0.786. The number of hydrogen-bond donors (Lipinski definition) is 0. The SMILES string of the molecule is c1cnc(-c2ccc3c(ccn3CCN3CCCC3)c2)nc1. The van der Waals surface area contributed by atoms with E-state index in [-0.39, 0.29) is 0 Å². The van der Waals surface area contributed by atoms with Crippen LogP contribution in [-0.2, 0) is 6.54 Å². The minimum atomic E-state index is 0.786. The standard InChI is InChI=1S/C18H20N4/c1-2-10-21(9-1)12-13-22-11-6-15-14-16(4-5-17(15)22)18-19-7-3-8-20-18/h3-8,11,14H,1-2,9-10,12-13H2. The molecular formula is C18H20N4. The van der Waals surface area contributed by atoms with Gasteiger partial charge in [0, 0.05) is 48.1 Å². The Balaban J connectivity index is 1.57. The Hall–Kier alpha value is -2.20. The number of likely N-dealkylation sites (tertiary alicyclic amines) is 1. The molecule has 0 spiro atoms. The van der Waals surface area contributed by atoms with Crippen LogP contribution in [0.1, 0.15) is 12.8 Å². The first-order valence-corrected chi connectivity index (χ1v) is 7.99. The molecule has 1 fully saturated rings. The van der Waals surface area contributed by atoms with Crippen LogP contribution in [0.5, 0.6) is 0 Å². The molecule has 1 aromatic carbocycles. The van der Waals surface area contributed by atoms with Gasteiger partial charge in [0.25, 0.3) is 0 Å². The average Bonchev–Trinajstić information content (AvgIpc) is 3.23. The second kappa shape index (κ2) is 5.89. The quantitative estimate of drug-likeness (QED) is 0.740. The van der Waals surface area contributed by atoms with E-state index in [1.54, 1.807) is 12.4 Å². The van der Waals surface area contributed by atoms with Gasteiger partial charge < -0.3 is 9.47 Å². The lowest BCUT2D eigenvalue weighted by Gasteiger charge is -2.15. The number of nitrogens with zero attached hydrogens (tertiary/aromatic N) is 4. The highest BCUT2D eigenvalue weighted by Gasteiger charge is 2.11. The molecule has 0 amide bonds. The van der Waals surface area contributed by atoms with Crippen LogP contribution in [0.15, 0.2) is 48.9 Å². The highest BCUT2D eigenvalue weighted by molar-refractivity contribution is 5.84. The Morgan fingerprint density at radius 1 is 0.955 bits per heavy atom. The molecule has 4 nitrogen and oxygen atoms in total. The van der Waals surface area contributed by atoms with E-state index in [4.69, 9.17) is 0 Å². The lowest BCUT2D eigenvalue weighted by molar-refractivity contribution is 0.324. The van der Waals surface area contributed by atoms with E-state index in [9.17, 15) is 0 Å². The average molecular weight is 292 g/mol. The van der Waals surface area contributed by atoms with Gasteiger partial charge in [0.05, 0.1) is 0 Å². The van der Waals surface area contributed by atoms with Crippen LogP contribution < -0.4 is 0 Å². The fraction of sp³-hybridized carbons (Fsp3) is 0.333. The van der Waals surface area contributed by atoms with Crippen LogP contribution in [-0.4, -0.2) is 39.1 Å². The zero-order chi connectivity index (χ0) is 14.8. The van der Waals surface area contributed by atoms with Crippen molar-refractivity contribution in [3.63, 3.8) is 0 Å². The zero-order valence-electron chi connectivity index (χ0n) is 12.7. The predicted molar refractivity (Wildman–Crippen MR) is 88.6 cm³/mol. The summed E-state index contributed by atoms with van der Waals surface area (Å²) in [4.78, 5) is 11.2. The third-order valence-electron chi connectivity index (χ3n) is 4.45. The second-order valence-electron chi connectivity index (χ2n) is 5.90. The van der Waals surface area contributed by atoms with Gasteiger partial charge in [-0.2, -0.15) is 0 Å². The second-order valence-corrected chi connectivity index (χ2v) is 5.90. The molecule has 2 aromatic heterocycles. The summed E-state index contributed by atoms with van der Waals surface area (Å²) in [5.74, 6) is 0.786. The van der Waals surface area contributed by atoms with Crippen molar-refractivity contribution in [2.24, 2.45) is 0 Å². The van der Waals surface area contributed by atoms with E-state index in [0.717, 1.165) is 24.5 Å². The van der Waals surface area contributed by atoms with Crippen molar-refractivity contribution >= 4 is 10.9 Å². The van der Waals surface area contributed by atoms with Gasteiger partial charge in [-0.15, -0.1) is 0 Å². The van der Waals surface area contributed by atoms with Crippen LogP contribution >= 0.6 is 0 Å². The molecule has 0 atom stereocenters. The maximum Gasteiger partial charge on any atom is 0.159 e. The molecule has 1 aliphatic rings. The Bertz CT molecular complexity index is 757. The van der Waals surface area contributed by atoms with Crippen LogP contribution in [0.2, 0.25) is 0 Å². The first-order chi connectivity index (χ1) is 10.9. The maximum absolute atomic E-state index is 4.33. The summed E-state index contributed by atoms with van der Waals surface area (Å²) < 4.78 is 2.35. The van der Waals surface area contributed by atoms with E-state index in [2.05, 4.69) is 49.9 Å². The Morgan fingerprint density at radius 2 is 1.77 bits per heavy atom. The molecule has 3 aromatic rings. The molecule has 1 aliphatic heterocycles. The van der Waals surface area contributed by atoms with E-state index in [0.29, 0.717) is 0 Å². The van der Waals surface area contributed by atoms with Gasteiger partial charge >= 0.3 is 0 Å². The van der Waals surface area contributed by atoms with Crippen molar-refractivity contribution in [2.75, 3.05) is 19.6 Å². The summed E-state index contributed by atoms with van der Waals surface area (Å²) in [6, 6.07) is 10.5. The van der Waals surface area contributed by atoms with Gasteiger partial charge in [-0.1, -0.05) is 0 Å². The van der Waals surface area contributed by atoms with E-state index in [1.807, 2.05) is 6.07 Å². The van der Waals surface area contributed by atoms with Crippen molar-refractivity contribution in [1.29, 1.82) is 0 Å². The summed E-state index contributed by atoms with van der Waals surface area (Å²) in [7, 11) is 0. The lowest BCUT2D eigenvalue weighted by atomic mass is 10.1. The molecule has 0 unspecified atom stereocenters. The Kier molecular flexibility index (Phi) is 3.60. The molecule has 3 heterocycles. The highest BCUT2D eigenvalue weighted by atomic mass is 15.2. The molecule has 22 heavy (non-hydrogen) atoms. The fourth-order valence-corrected chi connectivity index (χ4v) is 3.24. The molecule has 0 aliphatic carbocycles.